The number of aromatic nitrogens is 8. The number of carbonyl (C=O) groups is 2. The molecule has 6 rings (SSSR count). The summed E-state index contributed by atoms with van der Waals surface area (Å²) in [6, 6.07) is 8.21. The lowest BCUT2D eigenvalue weighted by molar-refractivity contribution is 0.110. The summed E-state index contributed by atoms with van der Waals surface area (Å²) in [4.78, 5) is 46.3. The van der Waals surface area contributed by atoms with E-state index in [1.54, 1.807) is 17.0 Å². The van der Waals surface area contributed by atoms with Gasteiger partial charge in [0.2, 0.25) is 0 Å². The topological polar surface area (TPSA) is 180 Å². The van der Waals surface area contributed by atoms with E-state index in [-0.39, 0.29) is 68.7 Å². The molecule has 0 saturated heterocycles. The van der Waals surface area contributed by atoms with Gasteiger partial charge in [-0.1, -0.05) is 39.8 Å². The van der Waals surface area contributed by atoms with Crippen LogP contribution < -0.4 is 9.47 Å². The van der Waals surface area contributed by atoms with Crippen LogP contribution in [-0.4, -0.2) is 61.8 Å². The standard InChI is InChI=1S/C18H17FN4O3.C18H18N4O3/c1-11(2)16-20-6-7-23(16)17-12(8-21-18(19)22-17)10-26-15-5-3-4-14(25)13(15)9-24;1-12(2)17-20-6-7-22(17)18-13(8-19-11-21-18)10-25-16-5-3-4-15(24)14(16)9-23/h3-9,11,25H,10H2,1-2H3;3-9,11-12,24H,10H2,1-2H3/i2*10D2. The SMILES string of the molecule is [2H]C([2H])(Oc1cccc(O)c1C=O)c1cnc(F)nc1-n1ccnc1C(C)C.[2H]C([2H])(Oc1cccc(O)c1C=O)c1cncnc1-n1ccnc1C(C)C. The molecule has 0 fully saturated rings. The summed E-state index contributed by atoms with van der Waals surface area (Å²) < 4.78 is 61.2. The zero-order valence-electron chi connectivity index (χ0n) is 31.8. The third kappa shape index (κ3) is 8.21. The van der Waals surface area contributed by atoms with Gasteiger partial charge < -0.3 is 19.7 Å². The number of ether oxygens (including phenoxy) is 2. The van der Waals surface area contributed by atoms with Gasteiger partial charge in [-0.25, -0.2) is 24.9 Å². The lowest BCUT2D eigenvalue weighted by atomic mass is 10.2. The molecule has 0 aliphatic carbocycles. The highest BCUT2D eigenvalue weighted by Crippen LogP contribution is 2.29. The number of hydrogen-bond acceptors (Lipinski definition) is 12. The number of hydrogen-bond donors (Lipinski definition) is 2. The number of rotatable bonds is 12. The van der Waals surface area contributed by atoms with Crippen LogP contribution in [0.1, 0.15) is 88.5 Å². The van der Waals surface area contributed by atoms with E-state index >= 15 is 0 Å². The number of carbonyl (C=O) groups excluding carboxylic acids is 2. The van der Waals surface area contributed by atoms with Crippen molar-refractivity contribution in [2.45, 2.75) is 52.6 Å². The molecule has 4 heterocycles. The van der Waals surface area contributed by atoms with E-state index in [1.165, 1.54) is 65.9 Å². The van der Waals surface area contributed by atoms with Crippen molar-refractivity contribution in [1.82, 2.24) is 39.0 Å². The summed E-state index contributed by atoms with van der Waals surface area (Å²) >= 11 is 0. The largest absolute Gasteiger partial charge is 0.507 e. The molecule has 2 N–H and O–H groups in total. The van der Waals surface area contributed by atoms with Gasteiger partial charge in [0, 0.05) is 49.0 Å². The predicted octanol–water partition coefficient (Wildman–Crippen LogP) is 5.90. The zero-order chi connectivity index (χ0) is 40.1. The second-order valence-corrected chi connectivity index (χ2v) is 11.3. The molecule has 262 valence electrons. The molecule has 6 aromatic rings. The van der Waals surface area contributed by atoms with E-state index in [0.717, 1.165) is 6.20 Å². The Morgan fingerprint density at radius 1 is 0.765 bits per heavy atom. The fourth-order valence-corrected chi connectivity index (χ4v) is 4.74. The first-order chi connectivity index (χ1) is 26.1. The molecule has 0 unspecified atom stereocenters. The lowest BCUT2D eigenvalue weighted by Gasteiger charge is -2.14. The summed E-state index contributed by atoms with van der Waals surface area (Å²) in [5.74, 6) is 0.593. The lowest BCUT2D eigenvalue weighted by Crippen LogP contribution is -2.11. The van der Waals surface area contributed by atoms with E-state index in [9.17, 15) is 24.2 Å². The van der Waals surface area contributed by atoms with E-state index in [2.05, 4.69) is 29.9 Å². The summed E-state index contributed by atoms with van der Waals surface area (Å²) in [6.07, 6.45) is 9.65. The first kappa shape index (κ1) is 30.5. The van der Waals surface area contributed by atoms with Gasteiger partial charge >= 0.3 is 6.08 Å². The van der Waals surface area contributed by atoms with Gasteiger partial charge in [-0.05, 0) is 24.3 Å². The average molecular weight is 699 g/mol. The summed E-state index contributed by atoms with van der Waals surface area (Å²) in [7, 11) is 0. The molecule has 2 aromatic carbocycles. The molecule has 0 atom stereocenters. The fraction of sp³-hybridized carbons (Fsp3) is 0.222. The number of benzene rings is 2. The summed E-state index contributed by atoms with van der Waals surface area (Å²) in [5.41, 5.74) is -0.453. The van der Waals surface area contributed by atoms with Gasteiger partial charge in [0.05, 0.1) is 27.7 Å². The van der Waals surface area contributed by atoms with Crippen LogP contribution in [0.25, 0.3) is 11.6 Å². The molecule has 4 aromatic heterocycles. The molecular formula is C36H35FN8O6. The molecule has 0 saturated carbocycles. The number of phenols is 2. The van der Waals surface area contributed by atoms with Crippen molar-refractivity contribution < 1.29 is 39.1 Å². The molecule has 14 nitrogen and oxygen atoms in total. The third-order valence-corrected chi connectivity index (χ3v) is 7.12. The van der Waals surface area contributed by atoms with Gasteiger partial charge in [0.1, 0.15) is 59.9 Å². The van der Waals surface area contributed by atoms with Gasteiger partial charge in [0.15, 0.2) is 18.4 Å². The van der Waals surface area contributed by atoms with E-state index < -0.39 is 19.2 Å². The molecule has 0 radical (unpaired) electrons. The van der Waals surface area contributed by atoms with E-state index in [4.69, 9.17) is 15.0 Å². The molecule has 0 spiro atoms. The van der Waals surface area contributed by atoms with Gasteiger partial charge in [0.25, 0.3) is 0 Å². The van der Waals surface area contributed by atoms with Crippen molar-refractivity contribution >= 4 is 12.6 Å². The van der Waals surface area contributed by atoms with Crippen molar-refractivity contribution in [1.29, 1.82) is 0 Å². The molecule has 51 heavy (non-hydrogen) atoms. The maximum Gasteiger partial charge on any atom is 0.310 e. The van der Waals surface area contributed by atoms with Crippen LogP contribution in [0.3, 0.4) is 0 Å². The second kappa shape index (κ2) is 16.3. The van der Waals surface area contributed by atoms with Crippen molar-refractivity contribution in [3.05, 3.63) is 120 Å². The molecule has 0 aliphatic heterocycles. The monoisotopic (exact) mass is 698 g/mol. The Morgan fingerprint density at radius 3 is 1.78 bits per heavy atom. The van der Waals surface area contributed by atoms with Crippen LogP contribution in [0.5, 0.6) is 23.0 Å². The van der Waals surface area contributed by atoms with Crippen LogP contribution >= 0.6 is 0 Å². The van der Waals surface area contributed by atoms with Gasteiger partial charge in [-0.15, -0.1) is 0 Å². The quantitative estimate of drug-likeness (QED) is 0.114. The first-order valence-electron chi connectivity index (χ1n) is 17.4. The highest BCUT2D eigenvalue weighted by molar-refractivity contribution is 5.84. The maximum atomic E-state index is 13.8. The van der Waals surface area contributed by atoms with Gasteiger partial charge in [-0.2, -0.15) is 9.37 Å². The maximum absolute atomic E-state index is 13.8. The predicted molar refractivity (Wildman–Crippen MR) is 182 cm³/mol. The Morgan fingerprint density at radius 2 is 1.27 bits per heavy atom. The fourth-order valence-electron chi connectivity index (χ4n) is 4.74. The van der Waals surface area contributed by atoms with Crippen molar-refractivity contribution in [2.75, 3.05) is 0 Å². The normalized spacial score (nSPS) is 12.6. The van der Waals surface area contributed by atoms with Crippen molar-refractivity contribution in [3.8, 4) is 34.6 Å². The highest BCUT2D eigenvalue weighted by Gasteiger charge is 2.18. The number of phenolic OH excluding ortho intramolecular Hbond substituents is 2. The summed E-state index contributed by atoms with van der Waals surface area (Å²) in [5, 5.41) is 19.6. The van der Waals surface area contributed by atoms with Crippen molar-refractivity contribution in [2.24, 2.45) is 0 Å². The number of imidazole rings is 2. The van der Waals surface area contributed by atoms with Crippen LogP contribution in [-0.2, 0) is 13.1 Å². The molecule has 15 heteroatoms. The smallest absolute Gasteiger partial charge is 0.310 e. The van der Waals surface area contributed by atoms with Gasteiger partial charge in [-0.3, -0.25) is 18.7 Å². The highest BCUT2D eigenvalue weighted by atomic mass is 19.1. The van der Waals surface area contributed by atoms with Crippen molar-refractivity contribution in [3.63, 3.8) is 0 Å². The number of aromatic hydroxyl groups is 2. The minimum absolute atomic E-state index is 0.0413. The van der Waals surface area contributed by atoms with Crippen LogP contribution in [0.2, 0.25) is 0 Å². The van der Waals surface area contributed by atoms with Crippen LogP contribution in [0.4, 0.5) is 4.39 Å². The first-order valence-corrected chi connectivity index (χ1v) is 15.4. The summed E-state index contributed by atoms with van der Waals surface area (Å²) in [6.45, 7) is 2.77. The Labute approximate surface area is 297 Å². The molecule has 0 bridgehead atoms. The molecule has 0 aliphatic rings. The Hall–Kier alpha value is -6.51. The zero-order valence-corrected chi connectivity index (χ0v) is 27.8. The minimum Gasteiger partial charge on any atom is -0.507 e. The Bertz CT molecular complexity index is 2320. The molecule has 0 amide bonds. The number of nitrogens with zero attached hydrogens (tertiary/aromatic N) is 8. The van der Waals surface area contributed by atoms with E-state index in [0.29, 0.717) is 24.2 Å². The third-order valence-electron chi connectivity index (χ3n) is 7.12. The van der Waals surface area contributed by atoms with Crippen LogP contribution in [0, 0.1) is 6.08 Å². The second-order valence-electron chi connectivity index (χ2n) is 11.3. The number of halogens is 1. The van der Waals surface area contributed by atoms with Crippen LogP contribution in [0.15, 0.2) is 79.9 Å². The average Bonchev–Trinajstić information content (AvgIpc) is 3.83. The Balaban J connectivity index is 0.000000211. The minimum atomic E-state index is -2.55. The number of aldehydes is 2. The molecular weight excluding hydrogens is 659 g/mol. The van der Waals surface area contributed by atoms with E-state index in [1.807, 2.05) is 27.7 Å². The Kier molecular flexibility index (Phi) is 9.74.